The van der Waals surface area contributed by atoms with Gasteiger partial charge in [0.1, 0.15) is 5.75 Å². The molecule has 4 rings (SSSR count). The number of ether oxygens (including phenoxy) is 2. The van der Waals surface area contributed by atoms with Crippen molar-refractivity contribution < 1.29 is 14.3 Å². The van der Waals surface area contributed by atoms with Gasteiger partial charge in [-0.3, -0.25) is 0 Å². The van der Waals surface area contributed by atoms with Gasteiger partial charge in [-0.25, -0.2) is 4.79 Å². The number of benzene rings is 3. The van der Waals surface area contributed by atoms with Crippen LogP contribution in [0.4, 0.5) is 11.4 Å². The van der Waals surface area contributed by atoms with E-state index in [1.54, 1.807) is 13.2 Å². The molecule has 32 heavy (non-hydrogen) atoms. The van der Waals surface area contributed by atoms with Crippen LogP contribution in [0.1, 0.15) is 27.0 Å². The fourth-order valence-electron chi connectivity index (χ4n) is 3.95. The van der Waals surface area contributed by atoms with Gasteiger partial charge in [-0.05, 0) is 72.0 Å². The van der Waals surface area contributed by atoms with Crippen LogP contribution in [0.5, 0.6) is 5.75 Å². The highest BCUT2D eigenvalue weighted by atomic mass is 35.5. The second-order valence-corrected chi connectivity index (χ2v) is 8.56. The number of carbonyl (C=O) groups is 1. The van der Waals surface area contributed by atoms with Crippen molar-refractivity contribution in [2.45, 2.75) is 25.4 Å². The van der Waals surface area contributed by atoms with E-state index in [4.69, 9.17) is 32.7 Å². The largest absolute Gasteiger partial charge is 0.497 e. The molecule has 3 aromatic rings. The van der Waals surface area contributed by atoms with E-state index in [0.29, 0.717) is 33.1 Å². The summed E-state index contributed by atoms with van der Waals surface area (Å²) in [4.78, 5) is 12.2. The van der Waals surface area contributed by atoms with Crippen molar-refractivity contribution in [1.82, 2.24) is 5.32 Å². The Morgan fingerprint density at radius 1 is 0.969 bits per heavy atom. The summed E-state index contributed by atoms with van der Waals surface area (Å²) >= 11 is 12.1. The molecule has 0 saturated heterocycles. The molecule has 3 aromatic carbocycles. The molecule has 0 aromatic heterocycles. The van der Waals surface area contributed by atoms with E-state index in [2.05, 4.69) is 22.8 Å². The summed E-state index contributed by atoms with van der Waals surface area (Å²) < 4.78 is 10.2. The second kappa shape index (κ2) is 9.82. The minimum absolute atomic E-state index is 0.348. The molecule has 0 spiro atoms. The topological polar surface area (TPSA) is 59.6 Å². The zero-order valence-electron chi connectivity index (χ0n) is 17.9. The van der Waals surface area contributed by atoms with Gasteiger partial charge >= 0.3 is 5.97 Å². The third kappa shape index (κ3) is 5.01. The number of carbonyl (C=O) groups excluding carboxylic acids is 1. The molecule has 1 aliphatic rings. The van der Waals surface area contributed by atoms with Gasteiger partial charge in [0.05, 0.1) is 35.5 Å². The van der Waals surface area contributed by atoms with Crippen LogP contribution in [0.15, 0.2) is 54.6 Å². The van der Waals surface area contributed by atoms with Crippen LogP contribution in [0.2, 0.25) is 10.0 Å². The Kier molecular flexibility index (Phi) is 6.89. The maximum absolute atomic E-state index is 12.2. The van der Waals surface area contributed by atoms with Gasteiger partial charge in [0.25, 0.3) is 0 Å². The van der Waals surface area contributed by atoms with Crippen LogP contribution in [0.25, 0.3) is 0 Å². The van der Waals surface area contributed by atoms with Gasteiger partial charge < -0.3 is 20.1 Å². The number of nitrogens with one attached hydrogen (secondary N) is 2. The molecule has 0 aliphatic heterocycles. The zero-order chi connectivity index (χ0) is 22.7. The van der Waals surface area contributed by atoms with Crippen molar-refractivity contribution >= 4 is 40.5 Å². The molecule has 0 heterocycles. The molecule has 0 radical (unpaired) electrons. The Balaban J connectivity index is 1.44. The molecule has 0 saturated carbocycles. The SMILES string of the molecule is COC(=O)c1cc(OC)ccc1Nc1ccc2c(c1)CC(NCc1ccc(Cl)c(Cl)c1)C2. The Morgan fingerprint density at radius 2 is 1.78 bits per heavy atom. The average molecular weight is 471 g/mol. The number of methoxy groups -OCH3 is 2. The number of rotatable bonds is 7. The summed E-state index contributed by atoms with van der Waals surface area (Å²) in [6.45, 7) is 0.731. The molecular formula is C25H24Cl2N2O3. The number of esters is 1. The number of hydrogen-bond acceptors (Lipinski definition) is 5. The highest BCUT2D eigenvalue weighted by Gasteiger charge is 2.22. The van der Waals surface area contributed by atoms with E-state index in [1.807, 2.05) is 36.4 Å². The first-order chi connectivity index (χ1) is 15.5. The predicted molar refractivity (Wildman–Crippen MR) is 129 cm³/mol. The number of anilines is 2. The standard InChI is InChI=1S/C25H24Cl2N2O3/c1-31-20-6-8-24(21(13-20)25(30)32-2)29-18-5-4-16-10-19(12-17(16)11-18)28-14-15-3-7-22(26)23(27)9-15/h3-9,11,13,19,28-29H,10,12,14H2,1-2H3. The van der Waals surface area contributed by atoms with Gasteiger partial charge in [-0.15, -0.1) is 0 Å². The monoisotopic (exact) mass is 470 g/mol. The normalized spacial score (nSPS) is 14.7. The predicted octanol–water partition coefficient (Wildman–Crippen LogP) is 5.79. The lowest BCUT2D eigenvalue weighted by Crippen LogP contribution is -2.28. The van der Waals surface area contributed by atoms with Crippen molar-refractivity contribution in [2.24, 2.45) is 0 Å². The molecule has 1 aliphatic carbocycles. The number of fused-ring (bicyclic) bond motifs is 1. The summed E-state index contributed by atoms with van der Waals surface area (Å²) in [5.41, 5.74) is 5.73. The van der Waals surface area contributed by atoms with E-state index in [0.717, 1.165) is 30.6 Å². The quantitative estimate of drug-likeness (QED) is 0.428. The lowest BCUT2D eigenvalue weighted by atomic mass is 10.1. The first-order valence-corrected chi connectivity index (χ1v) is 11.0. The Hall–Kier alpha value is -2.73. The smallest absolute Gasteiger partial charge is 0.340 e. The molecule has 0 fully saturated rings. The van der Waals surface area contributed by atoms with Gasteiger partial charge in [0.2, 0.25) is 0 Å². The van der Waals surface area contributed by atoms with E-state index in [9.17, 15) is 4.79 Å². The Bertz CT molecular complexity index is 1150. The lowest BCUT2D eigenvalue weighted by molar-refractivity contribution is 0.0601. The van der Waals surface area contributed by atoms with Gasteiger partial charge in [-0.2, -0.15) is 0 Å². The van der Waals surface area contributed by atoms with Crippen molar-refractivity contribution in [1.29, 1.82) is 0 Å². The fourth-order valence-corrected chi connectivity index (χ4v) is 4.27. The van der Waals surface area contributed by atoms with Crippen LogP contribution in [-0.2, 0) is 24.1 Å². The van der Waals surface area contributed by atoms with Crippen molar-refractivity contribution in [3.05, 3.63) is 86.9 Å². The second-order valence-electron chi connectivity index (χ2n) is 7.75. The van der Waals surface area contributed by atoms with Crippen molar-refractivity contribution in [2.75, 3.05) is 19.5 Å². The maximum atomic E-state index is 12.2. The third-order valence-corrected chi connectivity index (χ3v) is 6.37. The van der Waals surface area contributed by atoms with Gasteiger partial charge in [-0.1, -0.05) is 35.3 Å². The zero-order valence-corrected chi connectivity index (χ0v) is 19.4. The van der Waals surface area contributed by atoms with Crippen LogP contribution in [0, 0.1) is 0 Å². The summed E-state index contributed by atoms with van der Waals surface area (Å²) in [6, 6.07) is 17.7. The highest BCUT2D eigenvalue weighted by Crippen LogP contribution is 2.30. The summed E-state index contributed by atoms with van der Waals surface area (Å²) in [5.74, 6) is 0.180. The molecule has 1 atom stereocenters. The maximum Gasteiger partial charge on any atom is 0.340 e. The van der Waals surface area contributed by atoms with Crippen molar-refractivity contribution in [3.63, 3.8) is 0 Å². The molecular weight excluding hydrogens is 447 g/mol. The average Bonchev–Trinajstić information content (AvgIpc) is 3.22. The molecule has 2 N–H and O–H groups in total. The van der Waals surface area contributed by atoms with E-state index in [1.165, 1.54) is 18.2 Å². The summed E-state index contributed by atoms with van der Waals surface area (Å²) in [6.07, 6.45) is 1.89. The molecule has 166 valence electrons. The number of hydrogen-bond donors (Lipinski definition) is 2. The lowest BCUT2D eigenvalue weighted by Gasteiger charge is -2.13. The first kappa shape index (κ1) is 22.5. The Labute approximate surface area is 197 Å². The molecule has 5 nitrogen and oxygen atoms in total. The first-order valence-electron chi connectivity index (χ1n) is 10.3. The van der Waals surface area contributed by atoms with Crippen molar-refractivity contribution in [3.8, 4) is 5.75 Å². The van der Waals surface area contributed by atoms with Gasteiger partial charge in [0, 0.05) is 18.3 Å². The Morgan fingerprint density at radius 3 is 2.53 bits per heavy atom. The van der Waals surface area contributed by atoms with Crippen LogP contribution < -0.4 is 15.4 Å². The van der Waals surface area contributed by atoms with Crippen LogP contribution in [0.3, 0.4) is 0 Å². The number of halogens is 2. The minimum atomic E-state index is -0.417. The molecule has 7 heteroatoms. The molecule has 1 unspecified atom stereocenters. The molecule has 0 bridgehead atoms. The summed E-state index contributed by atoms with van der Waals surface area (Å²) in [7, 11) is 2.93. The van der Waals surface area contributed by atoms with E-state index < -0.39 is 5.97 Å². The van der Waals surface area contributed by atoms with E-state index >= 15 is 0 Å². The third-order valence-electron chi connectivity index (χ3n) is 5.63. The summed E-state index contributed by atoms with van der Waals surface area (Å²) in [5, 5.41) is 8.09. The molecule has 0 amide bonds. The van der Waals surface area contributed by atoms with Crippen LogP contribution in [-0.4, -0.2) is 26.2 Å². The minimum Gasteiger partial charge on any atom is -0.497 e. The fraction of sp³-hybridized carbons (Fsp3) is 0.240. The van der Waals surface area contributed by atoms with Crippen LogP contribution >= 0.6 is 23.2 Å². The van der Waals surface area contributed by atoms with E-state index in [-0.39, 0.29) is 0 Å². The highest BCUT2D eigenvalue weighted by molar-refractivity contribution is 6.42. The van der Waals surface area contributed by atoms with Gasteiger partial charge in [0.15, 0.2) is 0 Å².